The van der Waals surface area contributed by atoms with Crippen LogP contribution < -0.4 is 5.32 Å². The Morgan fingerprint density at radius 2 is 2.12 bits per heavy atom. The van der Waals surface area contributed by atoms with E-state index in [9.17, 15) is 4.79 Å². The summed E-state index contributed by atoms with van der Waals surface area (Å²) in [6, 6.07) is 0. The fraction of sp³-hybridized carbons (Fsp3) is 0.556. The van der Waals surface area contributed by atoms with Gasteiger partial charge in [-0.2, -0.15) is 0 Å². The summed E-state index contributed by atoms with van der Waals surface area (Å²) in [7, 11) is 0. The van der Waals surface area contributed by atoms with Crippen LogP contribution in [0.3, 0.4) is 0 Å². The van der Waals surface area contributed by atoms with Gasteiger partial charge in [-0.3, -0.25) is 0 Å². The number of rotatable bonds is 2. The average Bonchev–Trinajstić information content (AvgIpc) is 2.49. The minimum absolute atomic E-state index is 0. The highest BCUT2D eigenvalue weighted by Crippen LogP contribution is 2.07. The fourth-order valence-electron chi connectivity index (χ4n) is 0.802. The Labute approximate surface area is 112 Å². The molecule has 94 valence electrons. The van der Waals surface area contributed by atoms with Crippen LogP contribution in [-0.2, 0) is 11.3 Å². The van der Waals surface area contributed by atoms with Crippen molar-refractivity contribution < 1.29 is 9.53 Å². The van der Waals surface area contributed by atoms with Gasteiger partial charge in [0.2, 0.25) is 0 Å². The maximum absolute atomic E-state index is 11.2. The summed E-state index contributed by atoms with van der Waals surface area (Å²) in [6.45, 7) is 5.90. The van der Waals surface area contributed by atoms with Crippen molar-refractivity contribution >= 4 is 42.2 Å². The zero-order chi connectivity index (χ0) is 10.6. The normalized spacial score (nSPS) is 9.69. The van der Waals surface area contributed by atoms with E-state index in [4.69, 9.17) is 4.74 Å². The van der Waals surface area contributed by atoms with Gasteiger partial charge in [-0.15, -0.1) is 36.2 Å². The van der Waals surface area contributed by atoms with Crippen LogP contribution >= 0.6 is 36.2 Å². The maximum atomic E-state index is 11.2. The third-order valence-corrected chi connectivity index (χ3v) is 1.93. The van der Waals surface area contributed by atoms with E-state index >= 15 is 0 Å². The molecule has 0 aliphatic carbocycles. The minimum atomic E-state index is -0.452. The lowest BCUT2D eigenvalue weighted by Gasteiger charge is -2.19. The molecule has 1 amide bonds. The zero-order valence-electron chi connectivity index (χ0n) is 9.35. The Morgan fingerprint density at radius 3 is 2.56 bits per heavy atom. The standard InChI is InChI=1S/C9H14N2O2S.2ClH/c1-9(2,3)13-8(12)10-4-7-5-14-6-11-7;;/h5-6H,4H2,1-3H3,(H,10,12);2*1H. The average molecular weight is 287 g/mol. The van der Waals surface area contributed by atoms with E-state index in [0.29, 0.717) is 6.54 Å². The van der Waals surface area contributed by atoms with Crippen molar-refractivity contribution in [2.75, 3.05) is 0 Å². The molecule has 0 bridgehead atoms. The largest absolute Gasteiger partial charge is 0.444 e. The second-order valence-corrected chi connectivity index (χ2v) is 4.55. The lowest BCUT2D eigenvalue weighted by molar-refractivity contribution is 0.0523. The number of hydrogen-bond acceptors (Lipinski definition) is 4. The Morgan fingerprint density at radius 1 is 1.50 bits per heavy atom. The van der Waals surface area contributed by atoms with Crippen molar-refractivity contribution in [1.29, 1.82) is 0 Å². The number of amides is 1. The van der Waals surface area contributed by atoms with Gasteiger partial charge in [-0.1, -0.05) is 0 Å². The van der Waals surface area contributed by atoms with E-state index in [2.05, 4.69) is 10.3 Å². The molecule has 0 fully saturated rings. The van der Waals surface area contributed by atoms with E-state index in [1.165, 1.54) is 11.3 Å². The molecule has 0 saturated carbocycles. The molecule has 0 radical (unpaired) electrons. The van der Waals surface area contributed by atoms with Crippen LogP contribution in [-0.4, -0.2) is 16.7 Å². The first kappa shape index (κ1) is 17.9. The number of aromatic nitrogens is 1. The summed E-state index contributed by atoms with van der Waals surface area (Å²) in [6.07, 6.45) is -0.412. The molecule has 0 atom stereocenters. The number of ether oxygens (including phenoxy) is 1. The fourth-order valence-corrected chi connectivity index (χ4v) is 1.36. The van der Waals surface area contributed by atoms with E-state index in [0.717, 1.165) is 5.69 Å². The number of carbonyl (C=O) groups excluding carboxylic acids is 1. The summed E-state index contributed by atoms with van der Waals surface area (Å²) < 4.78 is 5.06. The number of alkyl carbamates (subject to hydrolysis) is 1. The number of thiazole rings is 1. The second-order valence-electron chi connectivity index (χ2n) is 3.84. The number of carbonyl (C=O) groups is 1. The molecule has 0 aliphatic rings. The summed E-state index contributed by atoms with van der Waals surface area (Å²) in [4.78, 5) is 15.2. The maximum Gasteiger partial charge on any atom is 0.407 e. The molecule has 0 aliphatic heterocycles. The Hall–Kier alpha value is -0.520. The quantitative estimate of drug-likeness (QED) is 0.909. The molecule has 0 saturated heterocycles. The minimum Gasteiger partial charge on any atom is -0.444 e. The van der Waals surface area contributed by atoms with Crippen LogP contribution in [0, 0.1) is 0 Å². The highest BCUT2D eigenvalue weighted by molar-refractivity contribution is 7.07. The molecule has 7 heteroatoms. The molecule has 0 spiro atoms. The zero-order valence-corrected chi connectivity index (χ0v) is 11.8. The number of nitrogens with one attached hydrogen (secondary N) is 1. The SMILES string of the molecule is CC(C)(C)OC(=O)NCc1cscn1.Cl.Cl. The third-order valence-electron chi connectivity index (χ3n) is 1.30. The van der Waals surface area contributed by atoms with Gasteiger partial charge in [0.25, 0.3) is 0 Å². The van der Waals surface area contributed by atoms with Gasteiger partial charge in [-0.25, -0.2) is 9.78 Å². The Bertz CT molecular complexity index is 299. The first-order valence-corrected chi connectivity index (χ1v) is 5.25. The van der Waals surface area contributed by atoms with Crippen LogP contribution in [0.2, 0.25) is 0 Å². The van der Waals surface area contributed by atoms with Crippen molar-refractivity contribution in [3.05, 3.63) is 16.6 Å². The van der Waals surface area contributed by atoms with Crippen molar-refractivity contribution in [2.24, 2.45) is 0 Å². The Kier molecular flexibility index (Phi) is 8.60. The van der Waals surface area contributed by atoms with Crippen molar-refractivity contribution in [1.82, 2.24) is 10.3 Å². The molecular weight excluding hydrogens is 271 g/mol. The summed E-state index contributed by atoms with van der Waals surface area (Å²) in [5, 5.41) is 4.51. The van der Waals surface area contributed by atoms with Gasteiger partial charge in [0, 0.05) is 5.38 Å². The molecule has 1 aromatic rings. The van der Waals surface area contributed by atoms with Crippen LogP contribution in [0.25, 0.3) is 0 Å². The van der Waals surface area contributed by atoms with Gasteiger partial charge < -0.3 is 10.1 Å². The number of hydrogen-bond donors (Lipinski definition) is 1. The summed E-state index contributed by atoms with van der Waals surface area (Å²) >= 11 is 1.50. The topological polar surface area (TPSA) is 51.2 Å². The lowest BCUT2D eigenvalue weighted by atomic mass is 10.2. The van der Waals surface area contributed by atoms with Crippen LogP contribution in [0.4, 0.5) is 4.79 Å². The van der Waals surface area contributed by atoms with Gasteiger partial charge in [-0.05, 0) is 20.8 Å². The predicted octanol–water partition coefficient (Wildman–Crippen LogP) is 3.01. The van der Waals surface area contributed by atoms with Crippen LogP contribution in [0.15, 0.2) is 10.9 Å². The first-order valence-electron chi connectivity index (χ1n) is 4.31. The molecule has 0 unspecified atom stereocenters. The molecule has 1 N–H and O–H groups in total. The van der Waals surface area contributed by atoms with E-state index in [-0.39, 0.29) is 24.8 Å². The summed E-state index contributed by atoms with van der Waals surface area (Å²) in [5.74, 6) is 0. The molecule has 1 heterocycles. The number of halogens is 2. The highest BCUT2D eigenvalue weighted by atomic mass is 35.5. The number of nitrogens with zero attached hydrogens (tertiary/aromatic N) is 1. The van der Waals surface area contributed by atoms with E-state index in [1.807, 2.05) is 26.2 Å². The van der Waals surface area contributed by atoms with E-state index < -0.39 is 11.7 Å². The highest BCUT2D eigenvalue weighted by Gasteiger charge is 2.15. The van der Waals surface area contributed by atoms with Gasteiger partial charge in [0.15, 0.2) is 0 Å². The Balaban J connectivity index is 0. The van der Waals surface area contributed by atoms with E-state index in [1.54, 1.807) is 5.51 Å². The predicted molar refractivity (Wildman–Crippen MR) is 69.7 cm³/mol. The lowest BCUT2D eigenvalue weighted by Crippen LogP contribution is -2.32. The molecule has 16 heavy (non-hydrogen) atoms. The third kappa shape index (κ3) is 7.73. The smallest absolute Gasteiger partial charge is 0.407 e. The molecule has 0 aromatic carbocycles. The van der Waals surface area contributed by atoms with Crippen molar-refractivity contribution in [2.45, 2.75) is 32.9 Å². The molecular formula is C9H16Cl2N2O2S. The molecule has 1 rings (SSSR count). The monoisotopic (exact) mass is 286 g/mol. The summed E-state index contributed by atoms with van der Waals surface area (Å²) in [5.41, 5.74) is 2.12. The van der Waals surface area contributed by atoms with Gasteiger partial charge in [0.1, 0.15) is 5.60 Å². The molecule has 4 nitrogen and oxygen atoms in total. The first-order chi connectivity index (χ1) is 6.47. The van der Waals surface area contributed by atoms with Gasteiger partial charge >= 0.3 is 6.09 Å². The molecule has 1 aromatic heterocycles. The van der Waals surface area contributed by atoms with Gasteiger partial charge in [0.05, 0.1) is 17.7 Å². The second kappa shape index (κ2) is 7.70. The van der Waals surface area contributed by atoms with Crippen molar-refractivity contribution in [3.8, 4) is 0 Å². The van der Waals surface area contributed by atoms with Crippen LogP contribution in [0.5, 0.6) is 0 Å². The van der Waals surface area contributed by atoms with Crippen molar-refractivity contribution in [3.63, 3.8) is 0 Å². The van der Waals surface area contributed by atoms with Crippen LogP contribution in [0.1, 0.15) is 26.5 Å².